The molecular weight excluding hydrogens is 334 g/mol. The van der Waals surface area contributed by atoms with Gasteiger partial charge in [0.05, 0.1) is 18.8 Å². The molecule has 0 amide bonds. The zero-order chi connectivity index (χ0) is 18.9. The molecule has 0 saturated carbocycles. The van der Waals surface area contributed by atoms with Crippen LogP contribution in [0.3, 0.4) is 0 Å². The summed E-state index contributed by atoms with van der Waals surface area (Å²) in [5, 5.41) is 10.4. The van der Waals surface area contributed by atoms with E-state index in [9.17, 15) is 5.11 Å². The van der Waals surface area contributed by atoms with Crippen LogP contribution in [0.15, 0.2) is 60.7 Å². The van der Waals surface area contributed by atoms with Crippen LogP contribution in [-0.4, -0.2) is 42.4 Å². The summed E-state index contributed by atoms with van der Waals surface area (Å²) in [5.41, 5.74) is 2.63. The summed E-state index contributed by atoms with van der Waals surface area (Å²) in [6.45, 7) is 5.39. The molecule has 1 aliphatic heterocycles. The van der Waals surface area contributed by atoms with Crippen molar-refractivity contribution in [2.24, 2.45) is 5.92 Å². The Morgan fingerprint density at radius 1 is 1.00 bits per heavy atom. The number of benzene rings is 2. The van der Waals surface area contributed by atoms with Gasteiger partial charge >= 0.3 is 0 Å². The van der Waals surface area contributed by atoms with Crippen molar-refractivity contribution in [2.75, 3.05) is 26.2 Å². The molecule has 0 radical (unpaired) electrons. The van der Waals surface area contributed by atoms with Crippen molar-refractivity contribution in [1.82, 2.24) is 4.90 Å². The third kappa shape index (κ3) is 6.46. The van der Waals surface area contributed by atoms with Gasteiger partial charge in [-0.3, -0.25) is 0 Å². The van der Waals surface area contributed by atoms with Crippen molar-refractivity contribution in [3.8, 4) is 0 Å². The second-order valence-corrected chi connectivity index (χ2v) is 7.73. The maximum atomic E-state index is 10.4. The molecule has 27 heavy (non-hydrogen) atoms. The minimum atomic E-state index is -0.423. The van der Waals surface area contributed by atoms with Gasteiger partial charge in [-0.1, -0.05) is 67.6 Å². The number of aliphatic hydroxyl groups is 1. The highest BCUT2D eigenvalue weighted by atomic mass is 16.5. The monoisotopic (exact) mass is 367 g/mol. The van der Waals surface area contributed by atoms with E-state index in [1.807, 2.05) is 18.2 Å². The lowest BCUT2D eigenvalue weighted by Crippen LogP contribution is -2.40. The van der Waals surface area contributed by atoms with E-state index in [-0.39, 0.29) is 6.10 Å². The van der Waals surface area contributed by atoms with Crippen molar-refractivity contribution < 1.29 is 9.84 Å². The summed E-state index contributed by atoms with van der Waals surface area (Å²) >= 11 is 0. The van der Waals surface area contributed by atoms with E-state index in [2.05, 4.69) is 54.3 Å². The fraction of sp³-hybridized carbons (Fsp3) is 0.500. The number of β-amino-alcohol motifs (C(OH)–C–C–N with tert-alkyl or cyclic N) is 1. The third-order valence-corrected chi connectivity index (χ3v) is 5.58. The Morgan fingerprint density at radius 3 is 2.26 bits per heavy atom. The number of rotatable bonds is 9. The molecule has 1 fully saturated rings. The van der Waals surface area contributed by atoms with Gasteiger partial charge in [-0.2, -0.15) is 0 Å². The van der Waals surface area contributed by atoms with Crippen LogP contribution in [0.2, 0.25) is 0 Å². The van der Waals surface area contributed by atoms with Crippen LogP contribution >= 0.6 is 0 Å². The highest BCUT2D eigenvalue weighted by molar-refractivity contribution is 5.17. The molecule has 1 heterocycles. The summed E-state index contributed by atoms with van der Waals surface area (Å²) in [6, 6.07) is 21.1. The van der Waals surface area contributed by atoms with Gasteiger partial charge in [-0.15, -0.1) is 0 Å². The predicted molar refractivity (Wildman–Crippen MR) is 111 cm³/mol. The summed E-state index contributed by atoms with van der Waals surface area (Å²) in [7, 11) is 0. The van der Waals surface area contributed by atoms with Crippen molar-refractivity contribution in [3.05, 3.63) is 71.8 Å². The maximum absolute atomic E-state index is 10.4. The first-order chi connectivity index (χ1) is 13.2. The normalized spacial score (nSPS) is 18.3. The lowest BCUT2D eigenvalue weighted by atomic mass is 9.90. The average Bonchev–Trinajstić information content (AvgIpc) is 2.71. The smallest absolute Gasteiger partial charge is 0.0900 e. The van der Waals surface area contributed by atoms with Gasteiger partial charge in [-0.05, 0) is 55.8 Å². The fourth-order valence-corrected chi connectivity index (χ4v) is 4.02. The molecule has 0 spiro atoms. The van der Waals surface area contributed by atoms with Crippen LogP contribution in [0.25, 0.3) is 0 Å². The fourth-order valence-electron chi connectivity index (χ4n) is 4.02. The number of nitrogens with zero attached hydrogens (tertiary/aromatic N) is 1. The number of hydrogen-bond donors (Lipinski definition) is 1. The van der Waals surface area contributed by atoms with Crippen molar-refractivity contribution >= 4 is 0 Å². The van der Waals surface area contributed by atoms with E-state index >= 15 is 0 Å². The van der Waals surface area contributed by atoms with Gasteiger partial charge in [-0.25, -0.2) is 0 Å². The standard InChI is InChI=1S/C24H33NO2/c1-2-24(22-11-7-4-8-12-22)27-19-23(26)18-25-15-13-21(14-16-25)17-20-9-5-3-6-10-20/h3-12,21,23-24,26H,2,13-19H2,1H3/t23-,24+/m1/s1. The molecule has 2 aromatic rings. The summed E-state index contributed by atoms with van der Waals surface area (Å²) < 4.78 is 6.00. The Hall–Kier alpha value is -1.68. The maximum Gasteiger partial charge on any atom is 0.0900 e. The first kappa shape index (κ1) is 20.1. The Labute approximate surface area is 164 Å². The van der Waals surface area contributed by atoms with Crippen LogP contribution in [-0.2, 0) is 11.2 Å². The first-order valence-electron chi connectivity index (χ1n) is 10.4. The summed E-state index contributed by atoms with van der Waals surface area (Å²) in [5.74, 6) is 0.764. The summed E-state index contributed by atoms with van der Waals surface area (Å²) in [4.78, 5) is 2.39. The SMILES string of the molecule is CC[C@H](OC[C@H](O)CN1CCC(Cc2ccccc2)CC1)c1ccccc1. The Morgan fingerprint density at radius 2 is 1.63 bits per heavy atom. The first-order valence-corrected chi connectivity index (χ1v) is 10.4. The molecule has 0 unspecified atom stereocenters. The van der Waals surface area contributed by atoms with Gasteiger partial charge in [0.2, 0.25) is 0 Å². The second-order valence-electron chi connectivity index (χ2n) is 7.73. The van der Waals surface area contributed by atoms with Crippen LogP contribution in [0.1, 0.15) is 43.4 Å². The minimum Gasteiger partial charge on any atom is -0.389 e. The average molecular weight is 368 g/mol. The lowest BCUT2D eigenvalue weighted by Gasteiger charge is -2.33. The van der Waals surface area contributed by atoms with E-state index in [4.69, 9.17) is 4.74 Å². The van der Waals surface area contributed by atoms with E-state index in [1.165, 1.54) is 30.4 Å². The quantitative estimate of drug-likeness (QED) is 0.710. The Kier molecular flexibility index (Phi) is 7.88. The largest absolute Gasteiger partial charge is 0.389 e. The van der Waals surface area contributed by atoms with E-state index in [1.54, 1.807) is 0 Å². The minimum absolute atomic E-state index is 0.0671. The van der Waals surface area contributed by atoms with Gasteiger partial charge in [0.25, 0.3) is 0 Å². The van der Waals surface area contributed by atoms with E-state index in [0.29, 0.717) is 13.2 Å². The van der Waals surface area contributed by atoms with Gasteiger partial charge < -0.3 is 14.7 Å². The molecular formula is C24H33NO2. The number of likely N-dealkylation sites (tertiary alicyclic amines) is 1. The zero-order valence-electron chi connectivity index (χ0n) is 16.5. The van der Waals surface area contributed by atoms with Crippen LogP contribution in [0.4, 0.5) is 0 Å². The topological polar surface area (TPSA) is 32.7 Å². The zero-order valence-corrected chi connectivity index (χ0v) is 16.5. The molecule has 146 valence electrons. The molecule has 0 aliphatic carbocycles. The molecule has 2 aromatic carbocycles. The number of ether oxygens (including phenoxy) is 1. The van der Waals surface area contributed by atoms with E-state index < -0.39 is 6.10 Å². The van der Waals surface area contributed by atoms with Crippen molar-refractivity contribution in [1.29, 1.82) is 0 Å². The van der Waals surface area contributed by atoms with Gasteiger partial charge in [0.15, 0.2) is 0 Å². The molecule has 1 saturated heterocycles. The van der Waals surface area contributed by atoms with Crippen molar-refractivity contribution in [3.63, 3.8) is 0 Å². The van der Waals surface area contributed by atoms with Crippen LogP contribution in [0.5, 0.6) is 0 Å². The highest BCUT2D eigenvalue weighted by Gasteiger charge is 2.22. The second kappa shape index (κ2) is 10.6. The number of aliphatic hydroxyl groups excluding tert-OH is 1. The molecule has 1 aliphatic rings. The number of piperidine rings is 1. The third-order valence-electron chi connectivity index (χ3n) is 5.58. The molecule has 0 aromatic heterocycles. The molecule has 3 rings (SSSR count). The van der Waals surface area contributed by atoms with Crippen molar-refractivity contribution in [2.45, 2.75) is 44.8 Å². The predicted octanol–water partition coefficient (Wildman–Crippen LogP) is 4.47. The molecule has 1 N–H and O–H groups in total. The van der Waals surface area contributed by atoms with Crippen LogP contribution in [0, 0.1) is 5.92 Å². The Bertz CT molecular complexity index is 638. The summed E-state index contributed by atoms with van der Waals surface area (Å²) in [6.07, 6.45) is 4.16. The lowest BCUT2D eigenvalue weighted by molar-refractivity contribution is -0.0266. The molecule has 3 heteroatoms. The van der Waals surface area contributed by atoms with Gasteiger partial charge in [0, 0.05) is 6.54 Å². The molecule has 0 bridgehead atoms. The molecule has 3 nitrogen and oxygen atoms in total. The highest BCUT2D eigenvalue weighted by Crippen LogP contribution is 2.23. The Balaban J connectivity index is 1.37. The van der Waals surface area contributed by atoms with Crippen LogP contribution < -0.4 is 0 Å². The number of hydrogen-bond acceptors (Lipinski definition) is 3. The van der Waals surface area contributed by atoms with Gasteiger partial charge in [0.1, 0.15) is 0 Å². The molecule has 2 atom stereocenters. The van der Waals surface area contributed by atoms with E-state index in [0.717, 1.165) is 25.4 Å².